The summed E-state index contributed by atoms with van der Waals surface area (Å²) in [6.45, 7) is -0.314. The van der Waals surface area contributed by atoms with Crippen molar-refractivity contribution >= 4 is 17.8 Å². The van der Waals surface area contributed by atoms with Crippen molar-refractivity contribution in [1.82, 2.24) is 4.90 Å². The summed E-state index contributed by atoms with van der Waals surface area (Å²) in [5, 5.41) is 30.7. The Morgan fingerprint density at radius 3 is 2.15 bits per heavy atom. The number of methoxy groups -OCH3 is 1. The number of rotatable bonds is 12. The van der Waals surface area contributed by atoms with E-state index in [2.05, 4.69) is 4.74 Å². The van der Waals surface area contributed by atoms with Gasteiger partial charge in [0.2, 0.25) is 0 Å². The van der Waals surface area contributed by atoms with E-state index in [0.29, 0.717) is 12.8 Å². The Labute approximate surface area is 198 Å². The van der Waals surface area contributed by atoms with Crippen molar-refractivity contribution < 1.29 is 43.9 Å². The highest BCUT2D eigenvalue weighted by Gasteiger charge is 2.53. The van der Waals surface area contributed by atoms with Crippen LogP contribution in [0.3, 0.4) is 0 Å². The second-order valence-corrected chi connectivity index (χ2v) is 8.54. The Hall–Kier alpha value is -2.37. The average molecular weight is 480 g/mol. The molecule has 1 aromatic carbocycles. The number of imide groups is 1. The smallest absolute Gasteiger partial charge is 0.305 e. The number of carbonyl (C=O) groups excluding carboxylic acids is 3. The number of aliphatic hydroxyl groups is 3. The molecule has 0 aliphatic carbocycles. The summed E-state index contributed by atoms with van der Waals surface area (Å²) in [6.07, 6.45) is 0.208. The Kier molecular flexibility index (Phi) is 9.54. The fourth-order valence-electron chi connectivity index (χ4n) is 4.34. The lowest BCUT2D eigenvalue weighted by Crippen LogP contribution is -2.65. The van der Waals surface area contributed by atoms with Gasteiger partial charge in [-0.05, 0) is 25.0 Å². The van der Waals surface area contributed by atoms with Crippen LogP contribution in [0.2, 0.25) is 0 Å². The molecule has 0 bridgehead atoms. The number of fused-ring (bicyclic) bond motifs is 1. The summed E-state index contributed by atoms with van der Waals surface area (Å²) in [4.78, 5) is 37.9. The van der Waals surface area contributed by atoms with Crippen LogP contribution in [0.1, 0.15) is 65.7 Å². The van der Waals surface area contributed by atoms with Crippen LogP contribution in [0.5, 0.6) is 0 Å². The number of unbranched alkanes of at least 4 members (excludes halogenated alkanes) is 5. The minimum atomic E-state index is -1.55. The summed E-state index contributed by atoms with van der Waals surface area (Å²) in [7, 11) is 1.37. The lowest BCUT2D eigenvalue weighted by Gasteiger charge is -2.44. The maximum Gasteiger partial charge on any atom is 0.305 e. The zero-order valence-electron chi connectivity index (χ0n) is 19.3. The van der Waals surface area contributed by atoms with Crippen LogP contribution < -0.4 is 0 Å². The van der Waals surface area contributed by atoms with Crippen molar-refractivity contribution in [2.24, 2.45) is 0 Å². The van der Waals surface area contributed by atoms with E-state index in [0.717, 1.165) is 37.0 Å². The van der Waals surface area contributed by atoms with Crippen molar-refractivity contribution in [1.29, 1.82) is 0 Å². The molecule has 34 heavy (non-hydrogen) atoms. The summed E-state index contributed by atoms with van der Waals surface area (Å²) in [5.74, 6) is -1.39. The molecule has 0 aromatic heterocycles. The van der Waals surface area contributed by atoms with Gasteiger partial charge in [-0.3, -0.25) is 19.3 Å². The number of hydrogen-bond acceptors (Lipinski definition) is 9. The van der Waals surface area contributed by atoms with Gasteiger partial charge in [-0.25, -0.2) is 0 Å². The fraction of sp³-hybridized carbons (Fsp3) is 0.625. The monoisotopic (exact) mass is 479 g/mol. The first-order chi connectivity index (χ1) is 16.4. The van der Waals surface area contributed by atoms with Crippen molar-refractivity contribution in [2.45, 2.75) is 75.6 Å². The van der Waals surface area contributed by atoms with E-state index < -0.39 is 49.1 Å². The second-order valence-electron chi connectivity index (χ2n) is 8.54. The molecule has 0 spiro atoms. The topological polar surface area (TPSA) is 143 Å². The molecule has 1 aromatic rings. The highest BCUT2D eigenvalue weighted by atomic mass is 16.7. The highest BCUT2D eigenvalue weighted by molar-refractivity contribution is 6.21. The van der Waals surface area contributed by atoms with Gasteiger partial charge >= 0.3 is 5.97 Å². The molecule has 10 nitrogen and oxygen atoms in total. The lowest BCUT2D eigenvalue weighted by atomic mass is 9.95. The molecule has 1 fully saturated rings. The summed E-state index contributed by atoms with van der Waals surface area (Å²) < 4.78 is 16.1. The van der Waals surface area contributed by atoms with Gasteiger partial charge in [-0.15, -0.1) is 0 Å². The number of amides is 2. The minimum absolute atomic E-state index is 0.206. The molecule has 2 amide bonds. The first-order valence-electron chi connectivity index (χ1n) is 11.7. The molecule has 2 aliphatic rings. The molecule has 0 unspecified atom stereocenters. The highest BCUT2D eigenvalue weighted by Crippen LogP contribution is 2.32. The molecular formula is C24H33NO9. The van der Waals surface area contributed by atoms with Crippen molar-refractivity contribution in [3.8, 4) is 0 Å². The first-order valence-corrected chi connectivity index (χ1v) is 11.7. The third kappa shape index (κ3) is 5.81. The molecule has 188 valence electrons. The van der Waals surface area contributed by atoms with Crippen LogP contribution in [0.25, 0.3) is 0 Å². The normalized spacial score (nSPS) is 26.6. The first kappa shape index (κ1) is 26.2. The van der Waals surface area contributed by atoms with E-state index in [-0.39, 0.29) is 23.7 Å². The zero-order chi connectivity index (χ0) is 24.7. The summed E-state index contributed by atoms with van der Waals surface area (Å²) in [5.41, 5.74) is 0.425. The van der Waals surface area contributed by atoms with Gasteiger partial charge < -0.3 is 29.5 Å². The Morgan fingerprint density at radius 1 is 0.971 bits per heavy atom. The van der Waals surface area contributed by atoms with Crippen molar-refractivity contribution in [3.63, 3.8) is 0 Å². The quantitative estimate of drug-likeness (QED) is 0.227. The van der Waals surface area contributed by atoms with Crippen LogP contribution in [0.4, 0.5) is 0 Å². The molecule has 3 rings (SSSR count). The van der Waals surface area contributed by atoms with Crippen LogP contribution in [0.15, 0.2) is 24.3 Å². The van der Waals surface area contributed by atoms with Gasteiger partial charge in [0.15, 0.2) is 6.29 Å². The standard InChI is InChI=1S/C24H33NO9/c1-32-18(27)12-6-4-2-3-5-9-13-33-24-19(21(29)20(28)17(14-26)34-24)25-22(30)15-10-7-8-11-16(15)23(25)31/h7-8,10-11,17,19-21,24,26,28-29H,2-6,9,12-14H2,1H3/t17-,19-,20+,21-,24-/m1/s1. The molecule has 2 aliphatic heterocycles. The third-order valence-electron chi connectivity index (χ3n) is 6.26. The Bertz CT molecular complexity index is 826. The molecule has 2 heterocycles. The molecule has 10 heteroatoms. The third-order valence-corrected chi connectivity index (χ3v) is 6.26. The average Bonchev–Trinajstić information content (AvgIpc) is 3.10. The SMILES string of the molecule is COC(=O)CCCCCCCCO[C@@H]1O[C@H](CO)[C@H](O)[C@H](O)[C@H]1N1C(=O)c2ccccc2C1=O. The maximum atomic E-state index is 12.9. The van der Waals surface area contributed by atoms with E-state index >= 15 is 0 Å². The van der Waals surface area contributed by atoms with Gasteiger partial charge in [0.25, 0.3) is 11.8 Å². The van der Waals surface area contributed by atoms with E-state index in [1.807, 2.05) is 0 Å². The Balaban J connectivity index is 1.56. The molecule has 1 saturated heterocycles. The predicted octanol–water partition coefficient (Wildman–Crippen LogP) is 1.01. The molecule has 3 N–H and O–H groups in total. The van der Waals surface area contributed by atoms with Crippen LogP contribution >= 0.6 is 0 Å². The van der Waals surface area contributed by atoms with Gasteiger partial charge in [0, 0.05) is 13.0 Å². The van der Waals surface area contributed by atoms with Crippen molar-refractivity contribution in [3.05, 3.63) is 35.4 Å². The maximum absolute atomic E-state index is 12.9. The lowest BCUT2D eigenvalue weighted by molar-refractivity contribution is -0.279. The second kappa shape index (κ2) is 12.4. The number of ether oxygens (including phenoxy) is 3. The van der Waals surface area contributed by atoms with E-state index in [1.54, 1.807) is 12.1 Å². The van der Waals surface area contributed by atoms with Gasteiger partial charge in [0.05, 0.1) is 24.8 Å². The fourth-order valence-corrected chi connectivity index (χ4v) is 4.34. The van der Waals surface area contributed by atoms with Gasteiger partial charge in [-0.1, -0.05) is 37.8 Å². The number of benzene rings is 1. The molecule has 5 atom stereocenters. The van der Waals surface area contributed by atoms with Crippen molar-refractivity contribution in [2.75, 3.05) is 20.3 Å². The number of hydrogen-bond donors (Lipinski definition) is 3. The van der Waals surface area contributed by atoms with Crippen LogP contribution in [0, 0.1) is 0 Å². The van der Waals surface area contributed by atoms with E-state index in [1.165, 1.54) is 19.2 Å². The molecule has 0 saturated carbocycles. The largest absolute Gasteiger partial charge is 0.469 e. The summed E-state index contributed by atoms with van der Waals surface area (Å²) in [6, 6.07) is 5.07. The zero-order valence-corrected chi connectivity index (χ0v) is 19.3. The van der Waals surface area contributed by atoms with Gasteiger partial charge in [-0.2, -0.15) is 0 Å². The number of esters is 1. The predicted molar refractivity (Wildman–Crippen MR) is 119 cm³/mol. The minimum Gasteiger partial charge on any atom is -0.469 e. The Morgan fingerprint density at radius 2 is 1.56 bits per heavy atom. The number of nitrogens with zero attached hydrogens (tertiary/aromatic N) is 1. The summed E-state index contributed by atoms with van der Waals surface area (Å²) >= 11 is 0. The van der Waals surface area contributed by atoms with Crippen LogP contribution in [-0.4, -0.2) is 89.0 Å². The van der Waals surface area contributed by atoms with Crippen LogP contribution in [-0.2, 0) is 19.0 Å². The molecule has 0 radical (unpaired) electrons. The van der Waals surface area contributed by atoms with Gasteiger partial charge in [0.1, 0.15) is 24.4 Å². The number of aliphatic hydroxyl groups excluding tert-OH is 3. The van der Waals surface area contributed by atoms with E-state index in [4.69, 9.17) is 9.47 Å². The molecular weight excluding hydrogens is 446 g/mol. The van der Waals surface area contributed by atoms with E-state index in [9.17, 15) is 29.7 Å². The number of carbonyl (C=O) groups is 3.